The molecule has 1 aliphatic heterocycles. The third kappa shape index (κ3) is 3.01. The van der Waals surface area contributed by atoms with Gasteiger partial charge in [-0.3, -0.25) is 9.59 Å². The minimum atomic E-state index is -2.90. The Morgan fingerprint density at radius 1 is 0.893 bits per heavy atom. The molecule has 1 aromatic carbocycles. The molecule has 1 aromatic rings. The summed E-state index contributed by atoms with van der Waals surface area (Å²) in [5, 5.41) is -0.500. The average Bonchev–Trinajstić information content (AvgIpc) is 2.60. The summed E-state index contributed by atoms with van der Waals surface area (Å²) < 4.78 is 13.5. The maximum Gasteiger partial charge on any atom is 0.410 e. The lowest BCUT2D eigenvalue weighted by molar-refractivity contribution is -0.116. The van der Waals surface area contributed by atoms with Gasteiger partial charge in [0, 0.05) is 32.4 Å². The molecule has 150 valence electrons. The molecule has 5 heteroatoms. The van der Waals surface area contributed by atoms with Crippen LogP contribution in [0.4, 0.5) is 0 Å². The third-order valence-corrected chi connectivity index (χ3v) is 10.8. The molecule has 0 N–H and O–H groups in total. The molecule has 0 radical (unpaired) electrons. The molecule has 1 atom stereocenters. The number of carbonyl (C=O) groups excluding carboxylic acids is 2. The predicted octanol–water partition coefficient (Wildman–Crippen LogP) is 5.59. The second-order valence-electron chi connectivity index (χ2n) is 9.80. The first kappa shape index (κ1) is 20.7. The average molecular weight is 399 g/mol. The van der Waals surface area contributed by atoms with Crippen molar-refractivity contribution >= 4 is 20.1 Å². The molecule has 0 saturated heterocycles. The Kier molecular flexibility index (Phi) is 4.84. The van der Waals surface area contributed by atoms with E-state index in [0.29, 0.717) is 16.7 Å². The Bertz CT molecular complexity index is 895. The van der Waals surface area contributed by atoms with Gasteiger partial charge >= 0.3 is 8.56 Å². The Balaban J connectivity index is 2.23. The molecule has 0 amide bonds. The molecule has 0 saturated carbocycles. The summed E-state index contributed by atoms with van der Waals surface area (Å²) in [6, 6.07) is 7.70. The zero-order valence-corrected chi connectivity index (χ0v) is 19.1. The normalized spacial score (nSPS) is 22.6. The van der Waals surface area contributed by atoms with Crippen LogP contribution in [0, 0.1) is 0 Å². The highest BCUT2D eigenvalue weighted by Gasteiger charge is 2.63. The quantitative estimate of drug-likeness (QED) is 0.457. The standard InChI is InChI=1S/C23H30O4Si/c1-14-15(2)20(25)17(13-18(14)24)21-16-11-9-10-12-19(16)26-28(27-21,22(3,4)5)23(6,7)8/h9-13,21H,1-8H3. The smallest absolute Gasteiger partial charge is 0.410 e. The lowest BCUT2D eigenvalue weighted by Gasteiger charge is -2.53. The van der Waals surface area contributed by atoms with Crippen LogP contribution in [0.5, 0.6) is 5.75 Å². The molecular formula is C23H30O4Si. The minimum absolute atomic E-state index is 0.121. The summed E-state index contributed by atoms with van der Waals surface area (Å²) in [6.07, 6.45) is 0.858. The van der Waals surface area contributed by atoms with Crippen LogP contribution in [0.25, 0.3) is 0 Å². The molecule has 1 aliphatic carbocycles. The largest absolute Gasteiger partial charge is 0.519 e. The van der Waals surface area contributed by atoms with Crippen molar-refractivity contribution in [1.29, 1.82) is 0 Å². The summed E-state index contributed by atoms with van der Waals surface area (Å²) in [4.78, 5) is 25.6. The predicted molar refractivity (Wildman–Crippen MR) is 113 cm³/mol. The van der Waals surface area contributed by atoms with Crippen LogP contribution < -0.4 is 4.43 Å². The number of rotatable bonds is 1. The molecule has 0 spiro atoms. The zero-order valence-electron chi connectivity index (χ0n) is 18.1. The number of carbonyl (C=O) groups is 2. The van der Waals surface area contributed by atoms with Gasteiger partial charge in [0.15, 0.2) is 11.6 Å². The summed E-state index contributed by atoms with van der Waals surface area (Å²) in [5.41, 5.74) is 2.21. The first-order chi connectivity index (χ1) is 12.8. The van der Waals surface area contributed by atoms with Gasteiger partial charge in [0.2, 0.25) is 0 Å². The van der Waals surface area contributed by atoms with Crippen molar-refractivity contribution < 1.29 is 18.4 Å². The molecular weight excluding hydrogens is 368 g/mol. The summed E-state index contributed by atoms with van der Waals surface area (Å²) >= 11 is 0. The van der Waals surface area contributed by atoms with Crippen molar-refractivity contribution in [3.8, 4) is 5.75 Å². The molecule has 1 heterocycles. The number of fused-ring (bicyclic) bond motifs is 1. The van der Waals surface area contributed by atoms with Crippen molar-refractivity contribution in [2.75, 3.05) is 0 Å². The lowest BCUT2D eigenvalue weighted by atomic mass is 9.86. The van der Waals surface area contributed by atoms with E-state index >= 15 is 0 Å². The maximum absolute atomic E-state index is 13.1. The van der Waals surface area contributed by atoms with E-state index in [2.05, 4.69) is 41.5 Å². The van der Waals surface area contributed by atoms with Crippen LogP contribution in [0.15, 0.2) is 47.1 Å². The van der Waals surface area contributed by atoms with Crippen LogP contribution >= 0.6 is 0 Å². The topological polar surface area (TPSA) is 52.6 Å². The lowest BCUT2D eigenvalue weighted by Crippen LogP contribution is -2.62. The maximum atomic E-state index is 13.1. The molecule has 1 unspecified atom stereocenters. The highest BCUT2D eigenvalue weighted by molar-refractivity contribution is 6.74. The first-order valence-corrected chi connectivity index (χ1v) is 11.6. The van der Waals surface area contributed by atoms with Gasteiger partial charge in [0.25, 0.3) is 0 Å². The number of Topliss-reactive ketones (excluding diaryl/α,β-unsaturated/α-hetero) is 1. The zero-order chi connectivity index (χ0) is 21.1. The van der Waals surface area contributed by atoms with E-state index in [4.69, 9.17) is 8.85 Å². The van der Waals surface area contributed by atoms with Gasteiger partial charge in [0.1, 0.15) is 11.9 Å². The SMILES string of the molecule is CC1=C(C)C(=O)C(C2O[Si](C(C)(C)C)(C(C)(C)C)Oc3ccccc32)=CC1=O. The van der Waals surface area contributed by atoms with Crippen LogP contribution in [-0.4, -0.2) is 20.1 Å². The molecule has 0 fully saturated rings. The van der Waals surface area contributed by atoms with E-state index in [1.807, 2.05) is 24.3 Å². The Labute approximate surface area is 168 Å². The summed E-state index contributed by atoms with van der Waals surface area (Å²) in [6.45, 7) is 16.2. The third-order valence-electron chi connectivity index (χ3n) is 5.82. The molecule has 4 nitrogen and oxygen atoms in total. The van der Waals surface area contributed by atoms with Gasteiger partial charge in [-0.05, 0) is 26.0 Å². The van der Waals surface area contributed by atoms with Crippen molar-refractivity contribution in [3.05, 3.63) is 52.6 Å². The fourth-order valence-electron chi connectivity index (χ4n) is 4.30. The number of hydrogen-bond donors (Lipinski definition) is 0. The number of benzene rings is 1. The fourth-order valence-corrected chi connectivity index (χ4v) is 8.99. The monoisotopic (exact) mass is 398 g/mol. The second-order valence-corrected chi connectivity index (χ2v) is 14.5. The van der Waals surface area contributed by atoms with Gasteiger partial charge in [-0.25, -0.2) is 0 Å². The summed E-state index contributed by atoms with van der Waals surface area (Å²) in [7, 11) is -2.90. The second kappa shape index (κ2) is 6.53. The Morgan fingerprint density at radius 3 is 2.04 bits per heavy atom. The van der Waals surface area contributed by atoms with Gasteiger partial charge < -0.3 is 8.85 Å². The van der Waals surface area contributed by atoms with Gasteiger partial charge in [-0.1, -0.05) is 59.7 Å². The van der Waals surface area contributed by atoms with E-state index in [1.165, 1.54) is 6.08 Å². The van der Waals surface area contributed by atoms with E-state index in [0.717, 1.165) is 11.3 Å². The van der Waals surface area contributed by atoms with Crippen molar-refractivity contribution in [2.24, 2.45) is 0 Å². The van der Waals surface area contributed by atoms with Crippen molar-refractivity contribution in [3.63, 3.8) is 0 Å². The van der Waals surface area contributed by atoms with E-state index in [1.54, 1.807) is 13.8 Å². The van der Waals surface area contributed by atoms with Crippen molar-refractivity contribution in [2.45, 2.75) is 71.6 Å². The fraction of sp³-hybridized carbons (Fsp3) is 0.478. The molecule has 3 rings (SSSR count). The Morgan fingerprint density at radius 2 is 1.46 bits per heavy atom. The van der Waals surface area contributed by atoms with Gasteiger partial charge in [-0.2, -0.15) is 0 Å². The van der Waals surface area contributed by atoms with Crippen molar-refractivity contribution in [1.82, 2.24) is 0 Å². The first-order valence-electron chi connectivity index (χ1n) is 9.74. The number of para-hydroxylation sites is 1. The van der Waals surface area contributed by atoms with E-state index in [-0.39, 0.29) is 21.6 Å². The van der Waals surface area contributed by atoms with Gasteiger partial charge in [-0.15, -0.1) is 0 Å². The number of ketones is 2. The van der Waals surface area contributed by atoms with Crippen LogP contribution in [0.3, 0.4) is 0 Å². The van der Waals surface area contributed by atoms with E-state index in [9.17, 15) is 9.59 Å². The van der Waals surface area contributed by atoms with Crippen LogP contribution in [0.1, 0.15) is 67.1 Å². The Hall–Kier alpha value is -1.98. The number of hydrogen-bond acceptors (Lipinski definition) is 4. The highest BCUT2D eigenvalue weighted by Crippen LogP contribution is 2.58. The molecule has 0 bridgehead atoms. The van der Waals surface area contributed by atoms with Crippen LogP contribution in [0.2, 0.25) is 10.1 Å². The highest BCUT2D eigenvalue weighted by atomic mass is 28.4. The van der Waals surface area contributed by atoms with E-state index < -0.39 is 14.7 Å². The molecule has 0 aromatic heterocycles. The molecule has 2 aliphatic rings. The summed E-state index contributed by atoms with van der Waals surface area (Å²) in [5.74, 6) is 0.503. The molecule has 28 heavy (non-hydrogen) atoms. The minimum Gasteiger partial charge on any atom is -0.519 e. The van der Waals surface area contributed by atoms with Gasteiger partial charge in [0.05, 0.1) is 0 Å². The van der Waals surface area contributed by atoms with Crippen LogP contribution in [-0.2, 0) is 14.0 Å². The number of allylic oxidation sites excluding steroid dienone is 3.